The van der Waals surface area contributed by atoms with Crippen LogP contribution in [0.4, 0.5) is 0 Å². The van der Waals surface area contributed by atoms with E-state index in [1.807, 2.05) is 35.8 Å². The Hall–Kier alpha value is -1.92. The molecule has 0 spiro atoms. The first kappa shape index (κ1) is 18.4. The fourth-order valence-corrected chi connectivity index (χ4v) is 4.98. The van der Waals surface area contributed by atoms with Crippen molar-refractivity contribution in [3.8, 4) is 0 Å². The molecule has 1 aliphatic carbocycles. The zero-order valence-corrected chi connectivity index (χ0v) is 16.3. The molecule has 2 fully saturated rings. The zero-order chi connectivity index (χ0) is 19.3. The van der Waals surface area contributed by atoms with Gasteiger partial charge in [-0.15, -0.1) is 0 Å². The summed E-state index contributed by atoms with van der Waals surface area (Å²) in [5, 5.41) is 10.2. The van der Waals surface area contributed by atoms with Crippen molar-refractivity contribution >= 4 is 12.0 Å². The third-order valence-corrected chi connectivity index (χ3v) is 6.43. The molecule has 3 heterocycles. The number of likely N-dealkylation sites (tertiary alicyclic amines) is 1. The van der Waals surface area contributed by atoms with Crippen molar-refractivity contribution < 1.29 is 9.90 Å². The van der Waals surface area contributed by atoms with Gasteiger partial charge >= 0.3 is 0 Å². The SMILES string of the molecule is C/C=C/c1ccc2n(c1=O)C[C@H]1[C@H](CO)[C@@H](C(=O)N(C)C)N(CC3CC3)[C@@H]21. The fraction of sp³-hybridized carbons (Fsp3) is 0.619. The highest BCUT2D eigenvalue weighted by molar-refractivity contribution is 5.82. The van der Waals surface area contributed by atoms with Gasteiger partial charge in [0.2, 0.25) is 5.91 Å². The summed E-state index contributed by atoms with van der Waals surface area (Å²) in [6, 6.07) is 3.66. The van der Waals surface area contributed by atoms with Gasteiger partial charge in [0.15, 0.2) is 0 Å². The van der Waals surface area contributed by atoms with Crippen LogP contribution in [0.5, 0.6) is 0 Å². The van der Waals surface area contributed by atoms with Crippen molar-refractivity contribution in [2.24, 2.45) is 17.8 Å². The summed E-state index contributed by atoms with van der Waals surface area (Å²) in [7, 11) is 3.56. The van der Waals surface area contributed by atoms with Crippen LogP contribution in [0.3, 0.4) is 0 Å². The van der Waals surface area contributed by atoms with E-state index in [1.54, 1.807) is 19.0 Å². The first-order valence-corrected chi connectivity index (χ1v) is 9.92. The van der Waals surface area contributed by atoms with Crippen LogP contribution in [0.2, 0.25) is 0 Å². The molecule has 27 heavy (non-hydrogen) atoms. The van der Waals surface area contributed by atoms with Gasteiger partial charge in [-0.25, -0.2) is 0 Å². The van der Waals surface area contributed by atoms with E-state index in [4.69, 9.17) is 0 Å². The second kappa shape index (κ2) is 6.91. The molecule has 1 saturated carbocycles. The minimum atomic E-state index is -0.306. The van der Waals surface area contributed by atoms with E-state index in [1.165, 1.54) is 12.8 Å². The maximum absolute atomic E-state index is 13.0. The average molecular weight is 371 g/mol. The smallest absolute Gasteiger partial charge is 0.258 e. The third-order valence-electron chi connectivity index (χ3n) is 6.43. The van der Waals surface area contributed by atoms with Gasteiger partial charge < -0.3 is 14.6 Å². The lowest BCUT2D eigenvalue weighted by Crippen LogP contribution is -2.48. The lowest BCUT2D eigenvalue weighted by atomic mass is 9.88. The van der Waals surface area contributed by atoms with E-state index in [-0.39, 0.29) is 42.0 Å². The minimum absolute atomic E-state index is 0.0264. The van der Waals surface area contributed by atoms with E-state index in [2.05, 4.69) is 4.90 Å². The highest BCUT2D eigenvalue weighted by atomic mass is 16.3. The molecule has 6 heteroatoms. The number of aromatic nitrogens is 1. The van der Waals surface area contributed by atoms with Crippen LogP contribution in [-0.4, -0.2) is 58.7 Å². The molecular weight excluding hydrogens is 342 g/mol. The summed E-state index contributed by atoms with van der Waals surface area (Å²) < 4.78 is 1.86. The predicted molar refractivity (Wildman–Crippen MR) is 104 cm³/mol. The highest BCUT2D eigenvalue weighted by Crippen LogP contribution is 2.50. The van der Waals surface area contributed by atoms with E-state index >= 15 is 0 Å². The van der Waals surface area contributed by atoms with Crippen molar-refractivity contribution in [1.29, 1.82) is 0 Å². The van der Waals surface area contributed by atoms with Crippen LogP contribution in [0.25, 0.3) is 6.08 Å². The van der Waals surface area contributed by atoms with Crippen molar-refractivity contribution in [3.05, 3.63) is 39.8 Å². The molecule has 4 atom stereocenters. The number of amides is 1. The van der Waals surface area contributed by atoms with Gasteiger partial charge in [-0.1, -0.05) is 12.2 Å². The Kier molecular flexibility index (Phi) is 4.72. The van der Waals surface area contributed by atoms with E-state index in [9.17, 15) is 14.7 Å². The second-order valence-electron chi connectivity index (χ2n) is 8.40. The van der Waals surface area contributed by atoms with Crippen LogP contribution in [0.15, 0.2) is 23.0 Å². The summed E-state index contributed by atoms with van der Waals surface area (Å²) in [6.07, 6.45) is 6.12. The number of likely N-dealkylation sites (N-methyl/N-ethyl adjacent to an activating group) is 1. The number of pyridine rings is 1. The number of carbonyl (C=O) groups is 1. The Labute approximate surface area is 160 Å². The second-order valence-corrected chi connectivity index (χ2v) is 8.40. The average Bonchev–Trinajstić information content (AvgIpc) is 3.30. The lowest BCUT2D eigenvalue weighted by Gasteiger charge is -2.32. The number of nitrogens with zero attached hydrogens (tertiary/aromatic N) is 3. The number of carbonyl (C=O) groups excluding carboxylic acids is 1. The first-order valence-electron chi connectivity index (χ1n) is 9.92. The monoisotopic (exact) mass is 371 g/mol. The van der Waals surface area contributed by atoms with Crippen LogP contribution in [0, 0.1) is 17.8 Å². The Morgan fingerprint density at radius 3 is 2.67 bits per heavy atom. The molecule has 1 N–H and O–H groups in total. The number of rotatable bonds is 5. The normalized spacial score (nSPS) is 29.9. The van der Waals surface area contributed by atoms with Gasteiger partial charge in [0.25, 0.3) is 5.56 Å². The molecule has 0 unspecified atom stereocenters. The number of hydrogen-bond donors (Lipinski definition) is 1. The number of aliphatic hydroxyl groups excluding tert-OH is 1. The van der Waals surface area contributed by atoms with Crippen LogP contribution in [-0.2, 0) is 11.3 Å². The standard InChI is InChI=1S/C21H29N3O3/c1-4-5-14-8-9-17-18-15(11-23(17)20(14)26)16(12-25)19(21(27)22(2)3)24(18)10-13-6-7-13/h4-5,8-9,13,15-16,18-19,25H,6-7,10-12H2,1-3H3/b5-4+/t15-,16-,18+,19-/m0/s1. The quantitative estimate of drug-likeness (QED) is 0.848. The van der Waals surface area contributed by atoms with Gasteiger partial charge in [0, 0.05) is 56.9 Å². The molecule has 0 bridgehead atoms. The van der Waals surface area contributed by atoms with Gasteiger partial charge in [0.1, 0.15) is 0 Å². The Morgan fingerprint density at radius 1 is 1.33 bits per heavy atom. The van der Waals surface area contributed by atoms with Crippen molar-refractivity contribution in [2.75, 3.05) is 27.2 Å². The lowest BCUT2D eigenvalue weighted by molar-refractivity contribution is -0.135. The van der Waals surface area contributed by atoms with Gasteiger partial charge in [0.05, 0.1) is 12.1 Å². The number of fused-ring (bicyclic) bond motifs is 3. The van der Waals surface area contributed by atoms with Crippen molar-refractivity contribution in [3.63, 3.8) is 0 Å². The molecule has 1 saturated heterocycles. The summed E-state index contributed by atoms with van der Waals surface area (Å²) in [4.78, 5) is 29.8. The zero-order valence-electron chi connectivity index (χ0n) is 16.3. The number of allylic oxidation sites excluding steroid dienone is 1. The Bertz CT molecular complexity index is 824. The topological polar surface area (TPSA) is 65.8 Å². The van der Waals surface area contributed by atoms with Crippen molar-refractivity contribution in [1.82, 2.24) is 14.4 Å². The molecule has 0 radical (unpaired) electrons. The van der Waals surface area contributed by atoms with Gasteiger partial charge in [-0.2, -0.15) is 0 Å². The molecule has 0 aromatic carbocycles. The van der Waals surface area contributed by atoms with E-state index in [0.717, 1.165) is 12.2 Å². The minimum Gasteiger partial charge on any atom is -0.396 e. The van der Waals surface area contributed by atoms with Crippen molar-refractivity contribution in [2.45, 2.75) is 38.4 Å². The van der Waals surface area contributed by atoms with E-state index in [0.29, 0.717) is 18.0 Å². The maximum Gasteiger partial charge on any atom is 0.258 e. The number of aliphatic hydroxyl groups is 1. The largest absolute Gasteiger partial charge is 0.396 e. The summed E-state index contributed by atoms with van der Waals surface area (Å²) in [6.45, 7) is 3.32. The molecule has 1 aromatic heterocycles. The molecule has 1 aromatic rings. The summed E-state index contributed by atoms with van der Waals surface area (Å²) >= 11 is 0. The van der Waals surface area contributed by atoms with Gasteiger partial charge in [-0.3, -0.25) is 14.5 Å². The summed E-state index contributed by atoms with van der Waals surface area (Å²) in [5.41, 5.74) is 1.71. The molecule has 2 aliphatic heterocycles. The molecular formula is C21H29N3O3. The Balaban J connectivity index is 1.78. The summed E-state index contributed by atoms with van der Waals surface area (Å²) in [5.74, 6) is 0.636. The predicted octanol–water partition coefficient (Wildman–Crippen LogP) is 1.34. The fourth-order valence-electron chi connectivity index (χ4n) is 4.98. The highest BCUT2D eigenvalue weighted by Gasteiger charge is 2.56. The van der Waals surface area contributed by atoms with Gasteiger partial charge in [-0.05, 0) is 37.8 Å². The molecule has 146 valence electrons. The molecule has 4 rings (SSSR count). The van der Waals surface area contributed by atoms with Crippen LogP contribution >= 0.6 is 0 Å². The molecule has 3 aliphatic rings. The molecule has 6 nitrogen and oxygen atoms in total. The molecule has 1 amide bonds. The third kappa shape index (κ3) is 2.95. The number of hydrogen-bond acceptors (Lipinski definition) is 4. The van der Waals surface area contributed by atoms with Crippen LogP contribution < -0.4 is 5.56 Å². The first-order chi connectivity index (χ1) is 13.0. The maximum atomic E-state index is 13.0. The Morgan fingerprint density at radius 2 is 2.07 bits per heavy atom. The van der Waals surface area contributed by atoms with Crippen LogP contribution in [0.1, 0.15) is 37.1 Å². The van der Waals surface area contributed by atoms with E-state index < -0.39 is 0 Å².